The SMILES string of the molecule is CCc1nc(OCCOc2ccccc2)cc(=O)[nH]1. The van der Waals surface area contributed by atoms with E-state index in [4.69, 9.17) is 9.47 Å². The number of ether oxygens (including phenoxy) is 2. The Morgan fingerprint density at radius 3 is 2.63 bits per heavy atom. The summed E-state index contributed by atoms with van der Waals surface area (Å²) in [4.78, 5) is 18.1. The summed E-state index contributed by atoms with van der Waals surface area (Å²) in [5, 5.41) is 0. The second-order valence-electron chi connectivity index (χ2n) is 3.89. The number of nitrogens with zero attached hydrogens (tertiary/aromatic N) is 1. The highest BCUT2D eigenvalue weighted by atomic mass is 16.5. The normalized spacial score (nSPS) is 10.2. The first-order valence-electron chi connectivity index (χ1n) is 6.19. The van der Waals surface area contributed by atoms with Gasteiger partial charge in [-0.25, -0.2) is 4.98 Å². The highest BCUT2D eigenvalue weighted by molar-refractivity contribution is 5.20. The molecular formula is C14H16N2O3. The summed E-state index contributed by atoms with van der Waals surface area (Å²) in [6, 6.07) is 10.8. The maximum Gasteiger partial charge on any atom is 0.254 e. The molecule has 0 saturated carbocycles. The van der Waals surface area contributed by atoms with Gasteiger partial charge in [0, 0.05) is 6.42 Å². The van der Waals surface area contributed by atoms with Crippen LogP contribution in [0.2, 0.25) is 0 Å². The van der Waals surface area contributed by atoms with E-state index in [9.17, 15) is 4.79 Å². The molecule has 5 heteroatoms. The van der Waals surface area contributed by atoms with Crippen LogP contribution in [0.15, 0.2) is 41.2 Å². The van der Waals surface area contributed by atoms with Gasteiger partial charge in [-0.1, -0.05) is 25.1 Å². The fraction of sp³-hybridized carbons (Fsp3) is 0.286. The summed E-state index contributed by atoms with van der Waals surface area (Å²) in [6.45, 7) is 2.66. The second kappa shape index (κ2) is 6.58. The molecule has 0 aliphatic carbocycles. The molecule has 0 radical (unpaired) electrons. The van der Waals surface area contributed by atoms with E-state index in [2.05, 4.69) is 9.97 Å². The summed E-state index contributed by atoms with van der Waals surface area (Å²) in [7, 11) is 0. The quantitative estimate of drug-likeness (QED) is 0.804. The predicted molar refractivity (Wildman–Crippen MR) is 71.7 cm³/mol. The van der Waals surface area contributed by atoms with E-state index in [1.165, 1.54) is 6.07 Å². The van der Waals surface area contributed by atoms with Gasteiger partial charge in [0.05, 0.1) is 6.07 Å². The summed E-state index contributed by atoms with van der Waals surface area (Å²) >= 11 is 0. The van der Waals surface area contributed by atoms with E-state index in [1.54, 1.807) is 0 Å². The first-order chi connectivity index (χ1) is 9.28. The fourth-order valence-electron chi connectivity index (χ4n) is 1.55. The number of para-hydroxylation sites is 1. The number of hydrogen-bond donors (Lipinski definition) is 1. The van der Waals surface area contributed by atoms with Crippen LogP contribution in [-0.4, -0.2) is 23.2 Å². The number of rotatable bonds is 6. The molecule has 0 amide bonds. The number of hydrogen-bond acceptors (Lipinski definition) is 4. The molecule has 1 N–H and O–H groups in total. The smallest absolute Gasteiger partial charge is 0.254 e. The molecule has 1 aromatic heterocycles. The Labute approximate surface area is 111 Å². The molecule has 2 rings (SSSR count). The molecule has 0 aliphatic rings. The van der Waals surface area contributed by atoms with Crippen LogP contribution >= 0.6 is 0 Å². The largest absolute Gasteiger partial charge is 0.490 e. The van der Waals surface area contributed by atoms with Crippen LogP contribution in [0.4, 0.5) is 0 Å². The van der Waals surface area contributed by atoms with Gasteiger partial charge in [0.1, 0.15) is 24.8 Å². The monoisotopic (exact) mass is 260 g/mol. The number of aromatic nitrogens is 2. The molecule has 0 unspecified atom stereocenters. The van der Waals surface area contributed by atoms with Crippen molar-refractivity contribution in [3.8, 4) is 11.6 Å². The number of aromatic amines is 1. The molecule has 0 spiro atoms. The summed E-state index contributed by atoms with van der Waals surface area (Å²) in [5.41, 5.74) is -0.203. The van der Waals surface area contributed by atoms with Crippen LogP contribution in [0.1, 0.15) is 12.7 Å². The summed E-state index contributed by atoms with van der Waals surface area (Å²) in [6.07, 6.45) is 0.660. The molecule has 0 atom stereocenters. The van der Waals surface area contributed by atoms with Gasteiger partial charge in [-0.15, -0.1) is 0 Å². The Hall–Kier alpha value is -2.30. The molecule has 0 bridgehead atoms. The van der Waals surface area contributed by atoms with Crippen molar-refractivity contribution in [1.29, 1.82) is 0 Å². The first-order valence-corrected chi connectivity index (χ1v) is 6.19. The van der Waals surface area contributed by atoms with Gasteiger partial charge in [0.25, 0.3) is 5.56 Å². The summed E-state index contributed by atoms with van der Waals surface area (Å²) < 4.78 is 10.9. The molecule has 0 fully saturated rings. The minimum absolute atomic E-state index is 0.203. The Morgan fingerprint density at radius 1 is 1.16 bits per heavy atom. The molecule has 1 aromatic carbocycles. The second-order valence-corrected chi connectivity index (χ2v) is 3.89. The van der Waals surface area contributed by atoms with Gasteiger partial charge in [-0.2, -0.15) is 0 Å². The van der Waals surface area contributed by atoms with Crippen LogP contribution in [0.25, 0.3) is 0 Å². The van der Waals surface area contributed by atoms with Crippen LogP contribution in [0.3, 0.4) is 0 Å². The standard InChI is InChI=1S/C14H16N2O3/c1-2-12-15-13(17)10-14(16-12)19-9-8-18-11-6-4-3-5-7-11/h3-7,10H,2,8-9H2,1H3,(H,15,16,17). The van der Waals surface area contributed by atoms with Crippen molar-refractivity contribution in [1.82, 2.24) is 9.97 Å². The molecule has 100 valence electrons. The topological polar surface area (TPSA) is 64.2 Å². The lowest BCUT2D eigenvalue weighted by Crippen LogP contribution is -2.14. The van der Waals surface area contributed by atoms with Crippen LogP contribution in [0.5, 0.6) is 11.6 Å². The van der Waals surface area contributed by atoms with Crippen molar-refractivity contribution < 1.29 is 9.47 Å². The summed E-state index contributed by atoms with van der Waals surface area (Å²) in [5.74, 6) is 1.74. The van der Waals surface area contributed by atoms with Gasteiger partial charge >= 0.3 is 0 Å². The van der Waals surface area contributed by atoms with Crippen molar-refractivity contribution in [2.24, 2.45) is 0 Å². The molecule has 2 aromatic rings. The lowest BCUT2D eigenvalue weighted by molar-refractivity contribution is 0.211. The Balaban J connectivity index is 1.83. The number of nitrogens with one attached hydrogen (secondary N) is 1. The van der Waals surface area contributed by atoms with Crippen molar-refractivity contribution in [2.75, 3.05) is 13.2 Å². The molecular weight excluding hydrogens is 244 g/mol. The fourth-order valence-corrected chi connectivity index (χ4v) is 1.55. The van der Waals surface area contributed by atoms with Crippen molar-refractivity contribution in [3.05, 3.63) is 52.6 Å². The van der Waals surface area contributed by atoms with E-state index in [0.717, 1.165) is 5.75 Å². The van der Waals surface area contributed by atoms with Crippen LogP contribution < -0.4 is 15.0 Å². The number of aryl methyl sites for hydroxylation is 1. The van der Waals surface area contributed by atoms with Crippen LogP contribution in [-0.2, 0) is 6.42 Å². The van der Waals surface area contributed by atoms with E-state index in [0.29, 0.717) is 31.3 Å². The van der Waals surface area contributed by atoms with Gasteiger partial charge in [-0.3, -0.25) is 4.79 Å². The molecule has 0 saturated heterocycles. The van der Waals surface area contributed by atoms with Gasteiger partial charge in [0.2, 0.25) is 5.88 Å². The van der Waals surface area contributed by atoms with E-state index >= 15 is 0 Å². The third-order valence-electron chi connectivity index (χ3n) is 2.45. The Morgan fingerprint density at radius 2 is 1.89 bits per heavy atom. The van der Waals surface area contributed by atoms with Gasteiger partial charge in [-0.05, 0) is 12.1 Å². The van der Waals surface area contributed by atoms with Crippen molar-refractivity contribution >= 4 is 0 Å². The number of H-pyrrole nitrogens is 1. The molecule has 5 nitrogen and oxygen atoms in total. The average Bonchev–Trinajstić information content (AvgIpc) is 2.44. The molecule has 0 aliphatic heterocycles. The maximum atomic E-state index is 11.3. The van der Waals surface area contributed by atoms with Crippen molar-refractivity contribution in [2.45, 2.75) is 13.3 Å². The zero-order valence-corrected chi connectivity index (χ0v) is 10.8. The van der Waals surface area contributed by atoms with E-state index in [1.807, 2.05) is 37.3 Å². The average molecular weight is 260 g/mol. The molecule has 19 heavy (non-hydrogen) atoms. The highest BCUT2D eigenvalue weighted by Crippen LogP contribution is 2.08. The van der Waals surface area contributed by atoms with Crippen molar-refractivity contribution in [3.63, 3.8) is 0 Å². The lowest BCUT2D eigenvalue weighted by Gasteiger charge is -2.08. The highest BCUT2D eigenvalue weighted by Gasteiger charge is 2.01. The first kappa shape index (κ1) is 13.1. The van der Waals surface area contributed by atoms with Gasteiger partial charge in [0.15, 0.2) is 0 Å². The number of benzene rings is 1. The van der Waals surface area contributed by atoms with E-state index < -0.39 is 0 Å². The third kappa shape index (κ3) is 4.13. The lowest BCUT2D eigenvalue weighted by atomic mass is 10.3. The zero-order chi connectivity index (χ0) is 13.5. The Kier molecular flexibility index (Phi) is 4.55. The minimum Gasteiger partial charge on any atom is -0.490 e. The van der Waals surface area contributed by atoms with Crippen LogP contribution in [0, 0.1) is 0 Å². The predicted octanol–water partition coefficient (Wildman–Crippen LogP) is 1.79. The maximum absolute atomic E-state index is 11.3. The Bertz CT molecular complexity index is 566. The third-order valence-corrected chi connectivity index (χ3v) is 2.45. The zero-order valence-electron chi connectivity index (χ0n) is 10.8. The van der Waals surface area contributed by atoms with Gasteiger partial charge < -0.3 is 14.5 Å². The minimum atomic E-state index is -0.203. The van der Waals surface area contributed by atoms with E-state index in [-0.39, 0.29) is 5.56 Å². The molecule has 1 heterocycles.